The standard InChI is InChI=1S/C19H20N2O8/c1-3-27-15-6-4-5-7-16(15)28-12-19(23)29-11-18(22)20-14-9-8-13(21(24)25)10-17(14)26-2/h4-10H,3,11-12H2,1-2H3,(H,20,22). The van der Waals surface area contributed by atoms with E-state index in [0.29, 0.717) is 18.1 Å². The number of rotatable bonds is 10. The Kier molecular flexibility index (Phi) is 7.78. The van der Waals surface area contributed by atoms with Crippen LogP contribution in [0.4, 0.5) is 11.4 Å². The molecule has 0 aliphatic rings. The molecule has 29 heavy (non-hydrogen) atoms. The number of nitrogens with one attached hydrogen (secondary N) is 1. The maximum absolute atomic E-state index is 12.0. The third-order valence-electron chi connectivity index (χ3n) is 3.53. The summed E-state index contributed by atoms with van der Waals surface area (Å²) in [5.74, 6) is -0.408. The van der Waals surface area contributed by atoms with E-state index in [-0.39, 0.29) is 17.1 Å². The summed E-state index contributed by atoms with van der Waals surface area (Å²) in [6, 6.07) is 10.6. The Labute approximate surface area is 166 Å². The lowest BCUT2D eigenvalue weighted by Gasteiger charge is -2.12. The van der Waals surface area contributed by atoms with Crippen molar-refractivity contribution in [2.75, 3.05) is 32.2 Å². The van der Waals surface area contributed by atoms with E-state index >= 15 is 0 Å². The number of nitrogens with zero attached hydrogens (tertiary/aromatic N) is 1. The van der Waals surface area contributed by atoms with Gasteiger partial charge < -0.3 is 24.3 Å². The second kappa shape index (κ2) is 10.5. The van der Waals surface area contributed by atoms with Crippen LogP contribution in [0.15, 0.2) is 42.5 Å². The van der Waals surface area contributed by atoms with Crippen LogP contribution in [-0.4, -0.2) is 43.7 Å². The van der Waals surface area contributed by atoms with E-state index < -0.39 is 30.0 Å². The van der Waals surface area contributed by atoms with Gasteiger partial charge in [-0.1, -0.05) is 12.1 Å². The molecule has 0 saturated heterocycles. The zero-order valence-electron chi connectivity index (χ0n) is 15.9. The maximum atomic E-state index is 12.0. The number of nitro groups is 1. The fraction of sp³-hybridized carbons (Fsp3) is 0.263. The van der Waals surface area contributed by atoms with Crippen LogP contribution in [0.3, 0.4) is 0 Å². The number of non-ortho nitro benzene ring substituents is 1. The van der Waals surface area contributed by atoms with Gasteiger partial charge in [0.05, 0.1) is 30.4 Å². The lowest BCUT2D eigenvalue weighted by Crippen LogP contribution is -2.24. The molecule has 0 fully saturated rings. The number of ether oxygens (including phenoxy) is 4. The van der Waals surface area contributed by atoms with E-state index in [2.05, 4.69) is 5.32 Å². The number of hydrogen-bond donors (Lipinski definition) is 1. The van der Waals surface area contributed by atoms with Crippen molar-refractivity contribution in [2.24, 2.45) is 0 Å². The van der Waals surface area contributed by atoms with Gasteiger partial charge in [-0.3, -0.25) is 14.9 Å². The number of methoxy groups -OCH3 is 1. The van der Waals surface area contributed by atoms with Gasteiger partial charge in [-0.15, -0.1) is 0 Å². The molecule has 0 aliphatic carbocycles. The van der Waals surface area contributed by atoms with Gasteiger partial charge in [0.1, 0.15) is 5.75 Å². The molecule has 2 aromatic carbocycles. The van der Waals surface area contributed by atoms with Crippen LogP contribution in [0.2, 0.25) is 0 Å². The topological polar surface area (TPSA) is 126 Å². The zero-order chi connectivity index (χ0) is 21.2. The predicted molar refractivity (Wildman–Crippen MR) is 102 cm³/mol. The highest BCUT2D eigenvalue weighted by Gasteiger charge is 2.15. The third-order valence-corrected chi connectivity index (χ3v) is 3.53. The highest BCUT2D eigenvalue weighted by atomic mass is 16.6. The summed E-state index contributed by atoms with van der Waals surface area (Å²) in [4.78, 5) is 34.0. The number of para-hydroxylation sites is 2. The molecule has 10 heteroatoms. The first-order valence-corrected chi connectivity index (χ1v) is 8.57. The average Bonchev–Trinajstić information content (AvgIpc) is 2.72. The van der Waals surface area contributed by atoms with Crippen molar-refractivity contribution in [1.29, 1.82) is 0 Å². The second-order valence-electron chi connectivity index (χ2n) is 5.52. The van der Waals surface area contributed by atoms with Crippen LogP contribution in [0.1, 0.15) is 6.92 Å². The number of carbonyl (C=O) groups excluding carboxylic acids is 2. The Morgan fingerprint density at radius 1 is 1.03 bits per heavy atom. The van der Waals surface area contributed by atoms with Gasteiger partial charge in [0.25, 0.3) is 11.6 Å². The Balaban J connectivity index is 1.85. The van der Waals surface area contributed by atoms with Gasteiger partial charge in [-0.25, -0.2) is 4.79 Å². The molecule has 1 amide bonds. The van der Waals surface area contributed by atoms with E-state index in [4.69, 9.17) is 18.9 Å². The zero-order valence-corrected chi connectivity index (χ0v) is 15.9. The lowest BCUT2D eigenvalue weighted by atomic mass is 10.2. The van der Waals surface area contributed by atoms with Crippen LogP contribution >= 0.6 is 0 Å². The first kappa shape index (κ1) is 21.5. The van der Waals surface area contributed by atoms with Crippen molar-refractivity contribution in [3.63, 3.8) is 0 Å². The first-order chi connectivity index (χ1) is 13.9. The summed E-state index contributed by atoms with van der Waals surface area (Å²) in [5.41, 5.74) is 0.0248. The number of nitro benzene ring substituents is 1. The van der Waals surface area contributed by atoms with Gasteiger partial charge in [-0.05, 0) is 25.1 Å². The van der Waals surface area contributed by atoms with E-state index in [1.807, 2.05) is 6.92 Å². The first-order valence-electron chi connectivity index (χ1n) is 8.57. The molecule has 1 N–H and O–H groups in total. The minimum absolute atomic E-state index is 0.106. The fourth-order valence-electron chi connectivity index (χ4n) is 2.25. The summed E-state index contributed by atoms with van der Waals surface area (Å²) in [7, 11) is 1.31. The molecule has 2 rings (SSSR count). The van der Waals surface area contributed by atoms with Crippen LogP contribution < -0.4 is 19.5 Å². The Morgan fingerprint density at radius 3 is 2.34 bits per heavy atom. The molecule has 0 heterocycles. The van der Waals surface area contributed by atoms with Crippen molar-refractivity contribution >= 4 is 23.3 Å². The summed E-state index contributed by atoms with van der Waals surface area (Å²) < 4.78 is 20.6. The van der Waals surface area contributed by atoms with Crippen molar-refractivity contribution in [3.05, 3.63) is 52.6 Å². The van der Waals surface area contributed by atoms with Crippen LogP contribution in [0.25, 0.3) is 0 Å². The molecular formula is C19H20N2O8. The Hall–Kier alpha value is -3.82. The van der Waals surface area contributed by atoms with Crippen molar-refractivity contribution < 1.29 is 33.5 Å². The summed E-state index contributed by atoms with van der Waals surface area (Å²) in [6.07, 6.45) is 0. The van der Waals surface area contributed by atoms with Crippen LogP contribution in [0.5, 0.6) is 17.2 Å². The highest BCUT2D eigenvalue weighted by molar-refractivity contribution is 5.94. The van der Waals surface area contributed by atoms with Gasteiger partial charge in [-0.2, -0.15) is 0 Å². The van der Waals surface area contributed by atoms with Crippen LogP contribution in [-0.2, 0) is 14.3 Å². The summed E-state index contributed by atoms with van der Waals surface area (Å²) in [6.45, 7) is 1.30. The normalized spacial score (nSPS) is 10.0. The molecule has 0 aromatic heterocycles. The molecule has 0 bridgehead atoms. The highest BCUT2D eigenvalue weighted by Crippen LogP contribution is 2.29. The number of anilines is 1. The number of hydrogen-bond acceptors (Lipinski definition) is 8. The fourth-order valence-corrected chi connectivity index (χ4v) is 2.25. The molecular weight excluding hydrogens is 384 g/mol. The average molecular weight is 404 g/mol. The minimum atomic E-state index is -0.748. The molecule has 154 valence electrons. The Morgan fingerprint density at radius 2 is 1.72 bits per heavy atom. The van der Waals surface area contributed by atoms with Gasteiger partial charge in [0.2, 0.25) is 0 Å². The van der Waals surface area contributed by atoms with Crippen LogP contribution in [0, 0.1) is 10.1 Å². The monoisotopic (exact) mass is 404 g/mol. The smallest absolute Gasteiger partial charge is 0.344 e. The molecule has 0 unspecified atom stereocenters. The summed E-state index contributed by atoms with van der Waals surface area (Å²) in [5, 5.41) is 13.2. The van der Waals surface area contributed by atoms with Gasteiger partial charge >= 0.3 is 5.97 Å². The molecule has 0 aliphatic heterocycles. The van der Waals surface area contributed by atoms with E-state index in [0.717, 1.165) is 0 Å². The third kappa shape index (κ3) is 6.38. The number of amides is 1. The second-order valence-corrected chi connectivity index (χ2v) is 5.52. The van der Waals surface area contributed by atoms with Gasteiger partial charge in [0.15, 0.2) is 24.7 Å². The Bertz CT molecular complexity index is 884. The van der Waals surface area contributed by atoms with E-state index in [1.165, 1.54) is 25.3 Å². The number of benzene rings is 2. The predicted octanol–water partition coefficient (Wildman–Crippen LogP) is 2.56. The lowest BCUT2D eigenvalue weighted by molar-refractivity contribution is -0.384. The molecule has 0 spiro atoms. The minimum Gasteiger partial charge on any atom is -0.494 e. The van der Waals surface area contributed by atoms with E-state index in [9.17, 15) is 19.7 Å². The molecule has 10 nitrogen and oxygen atoms in total. The molecule has 0 atom stereocenters. The van der Waals surface area contributed by atoms with Gasteiger partial charge in [0, 0.05) is 6.07 Å². The van der Waals surface area contributed by atoms with Crippen molar-refractivity contribution in [1.82, 2.24) is 0 Å². The number of esters is 1. The van der Waals surface area contributed by atoms with Crippen molar-refractivity contribution in [3.8, 4) is 17.2 Å². The summed E-state index contributed by atoms with van der Waals surface area (Å²) >= 11 is 0. The maximum Gasteiger partial charge on any atom is 0.344 e. The van der Waals surface area contributed by atoms with Crippen molar-refractivity contribution in [2.45, 2.75) is 6.92 Å². The quantitative estimate of drug-likeness (QED) is 0.364. The van der Waals surface area contributed by atoms with E-state index in [1.54, 1.807) is 24.3 Å². The molecule has 0 saturated carbocycles. The largest absolute Gasteiger partial charge is 0.494 e. The molecule has 2 aromatic rings. The SMILES string of the molecule is CCOc1ccccc1OCC(=O)OCC(=O)Nc1ccc([N+](=O)[O-])cc1OC. The number of carbonyl (C=O) groups is 2. The molecule has 0 radical (unpaired) electrons.